The first kappa shape index (κ1) is 17.1. The molecule has 0 aromatic carbocycles. The number of halogens is 1. The van der Waals surface area contributed by atoms with Crippen molar-refractivity contribution in [3.05, 3.63) is 14.7 Å². The summed E-state index contributed by atoms with van der Waals surface area (Å²) in [6, 6.07) is 1.07. The monoisotopic (exact) mass is 384 g/mol. The van der Waals surface area contributed by atoms with Crippen molar-refractivity contribution in [2.45, 2.75) is 11.8 Å². The molecule has 7 nitrogen and oxygen atoms in total. The molecule has 2 N–H and O–H groups in total. The van der Waals surface area contributed by atoms with Gasteiger partial charge in [-0.1, -0.05) is 0 Å². The van der Waals surface area contributed by atoms with Gasteiger partial charge in [-0.15, -0.1) is 11.3 Å². The molecule has 0 aliphatic carbocycles. The summed E-state index contributed by atoms with van der Waals surface area (Å²) in [6.07, 6.45) is 0. The van der Waals surface area contributed by atoms with Crippen LogP contribution in [-0.4, -0.2) is 49.8 Å². The number of rotatable bonds is 6. The Morgan fingerprint density at radius 3 is 2.55 bits per heavy atom. The van der Waals surface area contributed by atoms with Crippen molar-refractivity contribution in [3.63, 3.8) is 0 Å². The summed E-state index contributed by atoms with van der Waals surface area (Å²) < 4.78 is 25.6. The number of sulfonamides is 1. The van der Waals surface area contributed by atoms with Crippen LogP contribution >= 0.6 is 27.3 Å². The van der Waals surface area contributed by atoms with Crippen molar-refractivity contribution in [1.29, 1.82) is 0 Å². The largest absolute Gasteiger partial charge is 0.477 e. The predicted molar refractivity (Wildman–Crippen MR) is 77.5 cm³/mol. The molecule has 0 spiro atoms. The first-order chi connectivity index (χ1) is 9.20. The molecule has 0 saturated carbocycles. The lowest BCUT2D eigenvalue weighted by molar-refractivity contribution is -0.121. The molecule has 10 heteroatoms. The summed E-state index contributed by atoms with van der Waals surface area (Å²) in [7, 11) is -2.66. The number of thiophene rings is 1. The number of hydrogen-bond donors (Lipinski definition) is 2. The number of hydrogen-bond acceptors (Lipinski definition) is 5. The number of carboxylic acids is 1. The van der Waals surface area contributed by atoms with Crippen LogP contribution in [0.15, 0.2) is 14.7 Å². The van der Waals surface area contributed by atoms with Gasteiger partial charge in [-0.25, -0.2) is 13.2 Å². The van der Waals surface area contributed by atoms with Crippen LogP contribution in [0.3, 0.4) is 0 Å². The van der Waals surface area contributed by atoms with E-state index in [1.54, 1.807) is 6.92 Å². The molecule has 1 rings (SSSR count). The summed E-state index contributed by atoms with van der Waals surface area (Å²) in [5, 5.41) is 11.3. The van der Waals surface area contributed by atoms with E-state index in [2.05, 4.69) is 21.2 Å². The second-order valence-electron chi connectivity index (χ2n) is 3.77. The van der Waals surface area contributed by atoms with Gasteiger partial charge in [0.2, 0.25) is 15.9 Å². The zero-order valence-corrected chi connectivity index (χ0v) is 13.9. The van der Waals surface area contributed by atoms with Crippen LogP contribution < -0.4 is 5.32 Å². The van der Waals surface area contributed by atoms with Crippen LogP contribution in [0, 0.1) is 0 Å². The van der Waals surface area contributed by atoms with Gasteiger partial charge < -0.3 is 10.4 Å². The van der Waals surface area contributed by atoms with Crippen LogP contribution in [0.5, 0.6) is 0 Å². The SMILES string of the molecule is CCNC(=O)CN(C)S(=O)(=O)c1cc(C(=O)O)sc1Br. The second-order valence-corrected chi connectivity index (χ2v) is 8.15. The molecule has 0 aliphatic rings. The minimum atomic E-state index is -3.92. The summed E-state index contributed by atoms with van der Waals surface area (Å²) in [6.45, 7) is 1.79. The van der Waals surface area contributed by atoms with Gasteiger partial charge in [-0.2, -0.15) is 4.31 Å². The summed E-state index contributed by atoms with van der Waals surface area (Å²) in [4.78, 5) is 22.0. The number of likely N-dealkylation sites (N-methyl/N-ethyl adjacent to an activating group) is 2. The smallest absolute Gasteiger partial charge is 0.345 e. The van der Waals surface area contributed by atoms with Crippen molar-refractivity contribution in [1.82, 2.24) is 9.62 Å². The highest BCUT2D eigenvalue weighted by atomic mass is 79.9. The molecule has 0 atom stereocenters. The molecule has 1 heterocycles. The van der Waals surface area contributed by atoms with Gasteiger partial charge in [0, 0.05) is 13.6 Å². The molecule has 20 heavy (non-hydrogen) atoms. The van der Waals surface area contributed by atoms with Crippen molar-refractivity contribution >= 4 is 49.2 Å². The zero-order valence-electron chi connectivity index (χ0n) is 10.7. The van der Waals surface area contributed by atoms with Gasteiger partial charge in [0.25, 0.3) is 0 Å². The highest BCUT2D eigenvalue weighted by molar-refractivity contribution is 9.11. The second kappa shape index (κ2) is 6.66. The van der Waals surface area contributed by atoms with Crippen molar-refractivity contribution in [3.8, 4) is 0 Å². The fraction of sp³-hybridized carbons (Fsp3) is 0.400. The van der Waals surface area contributed by atoms with E-state index in [1.165, 1.54) is 7.05 Å². The van der Waals surface area contributed by atoms with Gasteiger partial charge in [-0.05, 0) is 28.9 Å². The van der Waals surface area contributed by atoms with Crippen LogP contribution in [-0.2, 0) is 14.8 Å². The van der Waals surface area contributed by atoms with Gasteiger partial charge in [-0.3, -0.25) is 4.79 Å². The normalized spacial score (nSPS) is 11.6. The lowest BCUT2D eigenvalue weighted by Gasteiger charge is -2.16. The quantitative estimate of drug-likeness (QED) is 0.760. The van der Waals surface area contributed by atoms with Gasteiger partial charge in [0.15, 0.2) is 0 Å². The molecular weight excluding hydrogens is 372 g/mol. The lowest BCUT2D eigenvalue weighted by Crippen LogP contribution is -2.38. The molecule has 0 saturated heterocycles. The number of carboxylic acid groups (broad SMARTS) is 1. The maximum absolute atomic E-state index is 12.3. The van der Waals surface area contributed by atoms with Gasteiger partial charge in [0.1, 0.15) is 9.77 Å². The van der Waals surface area contributed by atoms with E-state index >= 15 is 0 Å². The van der Waals surface area contributed by atoms with E-state index in [0.717, 1.165) is 21.7 Å². The Morgan fingerprint density at radius 1 is 1.50 bits per heavy atom. The molecule has 0 bridgehead atoms. The Kier molecular flexibility index (Phi) is 5.68. The fourth-order valence-electron chi connectivity index (χ4n) is 1.34. The van der Waals surface area contributed by atoms with Gasteiger partial charge >= 0.3 is 5.97 Å². The van der Waals surface area contributed by atoms with Gasteiger partial charge in [0.05, 0.1) is 10.3 Å². The third-order valence-electron chi connectivity index (χ3n) is 2.29. The highest BCUT2D eigenvalue weighted by Crippen LogP contribution is 2.33. The van der Waals surface area contributed by atoms with E-state index in [4.69, 9.17) is 5.11 Å². The Hall–Kier alpha value is -0.970. The van der Waals surface area contributed by atoms with Crippen molar-refractivity contribution < 1.29 is 23.1 Å². The Bertz CT molecular complexity index is 626. The minimum absolute atomic E-state index is 0.0955. The third-order valence-corrected chi connectivity index (χ3v) is 6.34. The average molecular weight is 385 g/mol. The van der Waals surface area contributed by atoms with E-state index < -0.39 is 21.9 Å². The van der Waals surface area contributed by atoms with Crippen LogP contribution in [0.4, 0.5) is 0 Å². The van der Waals surface area contributed by atoms with Crippen LogP contribution in [0.25, 0.3) is 0 Å². The number of amides is 1. The van der Waals surface area contributed by atoms with Crippen molar-refractivity contribution in [2.24, 2.45) is 0 Å². The minimum Gasteiger partial charge on any atom is -0.477 e. The molecule has 0 radical (unpaired) electrons. The summed E-state index contributed by atoms with van der Waals surface area (Å²) >= 11 is 3.84. The van der Waals surface area contributed by atoms with E-state index in [0.29, 0.717) is 6.54 Å². The molecule has 0 unspecified atom stereocenters. The first-order valence-corrected chi connectivity index (χ1v) is 8.50. The summed E-state index contributed by atoms with van der Waals surface area (Å²) in [5.41, 5.74) is 0. The standard InChI is InChI=1S/C10H13BrN2O5S2/c1-3-12-8(14)5-13(2)20(17,18)7-4-6(10(15)16)19-9(7)11/h4H,3,5H2,1-2H3,(H,12,14)(H,15,16). The molecule has 1 aromatic heterocycles. The topological polar surface area (TPSA) is 104 Å². The van der Waals surface area contributed by atoms with E-state index in [9.17, 15) is 18.0 Å². The lowest BCUT2D eigenvalue weighted by atomic mass is 10.5. The number of nitrogens with one attached hydrogen (secondary N) is 1. The maximum Gasteiger partial charge on any atom is 0.345 e. The average Bonchev–Trinajstić information content (AvgIpc) is 2.72. The molecule has 1 aromatic rings. The maximum atomic E-state index is 12.3. The zero-order chi connectivity index (χ0) is 15.5. The molecule has 1 amide bonds. The highest BCUT2D eigenvalue weighted by Gasteiger charge is 2.28. The number of aromatic carboxylic acids is 1. The number of nitrogens with zero attached hydrogens (tertiary/aromatic N) is 1. The molecule has 0 fully saturated rings. The van der Waals surface area contributed by atoms with E-state index in [-0.39, 0.29) is 20.1 Å². The number of carbonyl (C=O) groups is 2. The number of carbonyl (C=O) groups excluding carboxylic acids is 1. The molecule has 112 valence electrons. The van der Waals surface area contributed by atoms with Crippen LogP contribution in [0.2, 0.25) is 0 Å². The fourth-order valence-corrected chi connectivity index (χ4v) is 4.82. The van der Waals surface area contributed by atoms with Crippen molar-refractivity contribution in [2.75, 3.05) is 20.1 Å². The van der Waals surface area contributed by atoms with E-state index in [1.807, 2.05) is 0 Å². The molecule has 0 aliphatic heterocycles. The Balaban J connectivity index is 3.04. The Morgan fingerprint density at radius 2 is 2.10 bits per heavy atom. The Labute approximate surface area is 128 Å². The molecular formula is C10H13BrN2O5S2. The first-order valence-electron chi connectivity index (χ1n) is 5.45. The predicted octanol–water partition coefficient (Wildman–Crippen LogP) is 0.965. The third kappa shape index (κ3) is 3.78. The summed E-state index contributed by atoms with van der Waals surface area (Å²) in [5.74, 6) is -1.63. The van der Waals surface area contributed by atoms with Crippen LogP contribution in [0.1, 0.15) is 16.6 Å².